The fourth-order valence-electron chi connectivity index (χ4n) is 1.97. The van der Waals surface area contributed by atoms with E-state index in [4.69, 9.17) is 9.47 Å². The summed E-state index contributed by atoms with van der Waals surface area (Å²) in [5, 5.41) is 4.33. The van der Waals surface area contributed by atoms with Crippen LogP contribution in [-0.2, 0) is 14.3 Å². The molecule has 1 saturated heterocycles. The lowest BCUT2D eigenvalue weighted by Crippen LogP contribution is -2.18. The molecule has 0 saturated carbocycles. The molecule has 106 valence electrons. The Morgan fingerprint density at radius 1 is 1.63 bits per heavy atom. The minimum Gasteiger partial charge on any atom is -0.466 e. The number of aromatic nitrogens is 2. The lowest BCUT2D eigenvalue weighted by molar-refractivity contribution is -0.142. The summed E-state index contributed by atoms with van der Waals surface area (Å²) >= 11 is 1.62. The van der Waals surface area contributed by atoms with Crippen LogP contribution in [0.4, 0.5) is 0 Å². The molecule has 0 spiro atoms. The Morgan fingerprint density at radius 3 is 3.26 bits per heavy atom. The fourth-order valence-corrected chi connectivity index (χ4v) is 2.78. The van der Waals surface area contributed by atoms with Gasteiger partial charge in [-0.15, -0.1) is 11.8 Å². The molecule has 1 atom stereocenters. The molecule has 1 unspecified atom stereocenters. The highest BCUT2D eigenvalue weighted by Gasteiger charge is 2.16. The zero-order chi connectivity index (χ0) is 13.5. The maximum Gasteiger partial charge on any atom is 0.306 e. The third kappa shape index (κ3) is 4.54. The van der Waals surface area contributed by atoms with Crippen molar-refractivity contribution >= 4 is 17.7 Å². The highest BCUT2D eigenvalue weighted by molar-refractivity contribution is 7.99. The molecule has 0 radical (unpaired) electrons. The lowest BCUT2D eigenvalue weighted by Gasteiger charge is -2.22. The molecule has 0 N–H and O–H groups in total. The molecule has 1 aromatic rings. The Morgan fingerprint density at radius 2 is 2.53 bits per heavy atom. The minimum atomic E-state index is -0.141. The zero-order valence-electron chi connectivity index (χ0n) is 11.2. The summed E-state index contributed by atoms with van der Waals surface area (Å²) < 4.78 is 12.4. The van der Waals surface area contributed by atoms with Gasteiger partial charge in [-0.3, -0.25) is 4.79 Å². The van der Waals surface area contributed by atoms with E-state index >= 15 is 0 Å². The molecule has 6 heteroatoms. The molecule has 1 fully saturated rings. The number of esters is 1. The number of hydrogen-bond donors (Lipinski definition) is 0. The van der Waals surface area contributed by atoms with E-state index in [0.29, 0.717) is 13.0 Å². The molecule has 19 heavy (non-hydrogen) atoms. The van der Waals surface area contributed by atoms with Crippen molar-refractivity contribution in [1.82, 2.24) is 9.78 Å². The highest BCUT2D eigenvalue weighted by Crippen LogP contribution is 2.25. The molecule has 2 rings (SSSR count). The molecular formula is C13H20N2O3S. The van der Waals surface area contributed by atoms with Crippen molar-refractivity contribution in [3.63, 3.8) is 0 Å². The first-order valence-corrected chi connectivity index (χ1v) is 7.72. The first-order valence-electron chi connectivity index (χ1n) is 6.73. The van der Waals surface area contributed by atoms with Crippen LogP contribution in [0.1, 0.15) is 38.8 Å². The molecule has 1 aromatic heterocycles. The molecule has 0 aromatic carbocycles. The molecule has 0 aliphatic carbocycles. The molecule has 2 heterocycles. The van der Waals surface area contributed by atoms with Crippen molar-refractivity contribution in [2.24, 2.45) is 0 Å². The third-order valence-electron chi connectivity index (χ3n) is 2.91. The van der Waals surface area contributed by atoms with Crippen molar-refractivity contribution < 1.29 is 14.3 Å². The van der Waals surface area contributed by atoms with Crippen LogP contribution in [0, 0.1) is 0 Å². The van der Waals surface area contributed by atoms with E-state index in [1.54, 1.807) is 11.8 Å². The van der Waals surface area contributed by atoms with Crippen molar-refractivity contribution in [2.45, 2.75) is 43.7 Å². The van der Waals surface area contributed by atoms with Crippen LogP contribution in [0.25, 0.3) is 0 Å². The number of thioether (sulfide) groups is 1. The number of nitrogens with zero attached hydrogens (tertiary/aromatic N) is 2. The van der Waals surface area contributed by atoms with Gasteiger partial charge < -0.3 is 9.47 Å². The van der Waals surface area contributed by atoms with Gasteiger partial charge in [-0.1, -0.05) is 0 Å². The third-order valence-corrected chi connectivity index (χ3v) is 3.86. The van der Waals surface area contributed by atoms with Gasteiger partial charge in [0.05, 0.1) is 19.2 Å². The number of carbonyl (C=O) groups is 1. The van der Waals surface area contributed by atoms with E-state index in [2.05, 4.69) is 5.10 Å². The van der Waals surface area contributed by atoms with Crippen LogP contribution in [0.5, 0.6) is 0 Å². The van der Waals surface area contributed by atoms with Crippen LogP contribution < -0.4 is 0 Å². The van der Waals surface area contributed by atoms with Gasteiger partial charge in [-0.05, 0) is 26.2 Å². The summed E-state index contributed by atoms with van der Waals surface area (Å²) in [5.41, 5.74) is 0. The van der Waals surface area contributed by atoms with Crippen LogP contribution in [0.15, 0.2) is 17.3 Å². The predicted octanol–water partition coefficient (Wildman–Crippen LogP) is 2.63. The van der Waals surface area contributed by atoms with Crippen molar-refractivity contribution in [2.75, 3.05) is 19.0 Å². The molecule has 1 aliphatic rings. The Kier molecular flexibility index (Phi) is 5.72. The first kappa shape index (κ1) is 14.4. The van der Waals surface area contributed by atoms with Crippen molar-refractivity contribution in [3.05, 3.63) is 12.4 Å². The number of hydrogen-bond acceptors (Lipinski definition) is 5. The van der Waals surface area contributed by atoms with Crippen molar-refractivity contribution in [3.8, 4) is 0 Å². The van der Waals surface area contributed by atoms with Gasteiger partial charge in [0.15, 0.2) is 0 Å². The summed E-state index contributed by atoms with van der Waals surface area (Å²) in [5.74, 6) is 0.578. The summed E-state index contributed by atoms with van der Waals surface area (Å²) in [6.07, 6.45) is 7.68. The van der Waals surface area contributed by atoms with Gasteiger partial charge in [-0.2, -0.15) is 5.10 Å². The monoisotopic (exact) mass is 284 g/mol. The quantitative estimate of drug-likeness (QED) is 0.594. The van der Waals surface area contributed by atoms with E-state index in [0.717, 1.165) is 30.1 Å². The van der Waals surface area contributed by atoms with Gasteiger partial charge in [-0.25, -0.2) is 4.68 Å². The highest BCUT2D eigenvalue weighted by atomic mass is 32.2. The fraction of sp³-hybridized carbons (Fsp3) is 0.692. The summed E-state index contributed by atoms with van der Waals surface area (Å²) in [6.45, 7) is 3.08. The van der Waals surface area contributed by atoms with E-state index in [9.17, 15) is 4.79 Å². The van der Waals surface area contributed by atoms with Gasteiger partial charge in [0.2, 0.25) is 0 Å². The maximum atomic E-state index is 11.2. The second-order valence-corrected chi connectivity index (χ2v) is 5.55. The van der Waals surface area contributed by atoms with Crippen LogP contribution in [0.2, 0.25) is 0 Å². The van der Waals surface area contributed by atoms with Gasteiger partial charge in [0, 0.05) is 23.5 Å². The minimum absolute atomic E-state index is 0.0770. The smallest absolute Gasteiger partial charge is 0.306 e. The van der Waals surface area contributed by atoms with Crippen LogP contribution >= 0.6 is 11.8 Å². The van der Waals surface area contributed by atoms with Gasteiger partial charge in [0.25, 0.3) is 0 Å². The number of carbonyl (C=O) groups excluding carboxylic acids is 1. The van der Waals surface area contributed by atoms with E-state index in [1.807, 2.05) is 24.0 Å². The van der Waals surface area contributed by atoms with Crippen LogP contribution in [-0.4, -0.2) is 34.7 Å². The SMILES string of the molecule is CCOC(=O)CCSc1cnn(C2CCCCO2)c1. The summed E-state index contributed by atoms with van der Waals surface area (Å²) in [4.78, 5) is 12.3. The standard InChI is InChI=1S/C13H20N2O3S/c1-2-17-13(16)6-8-19-11-9-14-15(10-11)12-5-3-4-7-18-12/h9-10,12H,2-8H2,1H3. The Labute approximate surface area is 117 Å². The predicted molar refractivity (Wildman–Crippen MR) is 73.0 cm³/mol. The van der Waals surface area contributed by atoms with Gasteiger partial charge in [0.1, 0.15) is 6.23 Å². The molecule has 0 amide bonds. The molecule has 1 aliphatic heterocycles. The molecule has 0 bridgehead atoms. The number of rotatable bonds is 6. The largest absolute Gasteiger partial charge is 0.466 e. The average Bonchev–Trinajstić information content (AvgIpc) is 2.89. The maximum absolute atomic E-state index is 11.2. The summed E-state index contributed by atoms with van der Waals surface area (Å²) in [7, 11) is 0. The Hall–Kier alpha value is -1.01. The second kappa shape index (κ2) is 7.55. The van der Waals surface area contributed by atoms with E-state index in [1.165, 1.54) is 6.42 Å². The van der Waals surface area contributed by atoms with Gasteiger partial charge >= 0.3 is 5.97 Å². The normalized spacial score (nSPS) is 19.3. The summed E-state index contributed by atoms with van der Waals surface area (Å²) in [6, 6.07) is 0. The zero-order valence-corrected chi connectivity index (χ0v) is 12.0. The lowest BCUT2D eigenvalue weighted by atomic mass is 10.2. The van der Waals surface area contributed by atoms with Crippen molar-refractivity contribution in [1.29, 1.82) is 0 Å². The molecule has 5 nitrogen and oxygen atoms in total. The topological polar surface area (TPSA) is 53.3 Å². The second-order valence-electron chi connectivity index (χ2n) is 4.38. The Balaban J connectivity index is 1.75. The Bertz CT molecular complexity index is 402. The van der Waals surface area contributed by atoms with E-state index in [-0.39, 0.29) is 12.2 Å². The first-order chi connectivity index (χ1) is 9.29. The molecular weight excluding hydrogens is 264 g/mol. The number of ether oxygens (including phenoxy) is 2. The average molecular weight is 284 g/mol. The van der Waals surface area contributed by atoms with E-state index < -0.39 is 0 Å². The van der Waals surface area contributed by atoms with Crippen LogP contribution in [0.3, 0.4) is 0 Å².